The fourth-order valence-corrected chi connectivity index (χ4v) is 2.51. The quantitative estimate of drug-likeness (QED) is 0.874. The molecule has 1 aromatic carbocycles. The molecule has 0 aliphatic heterocycles. The molecule has 2 N–H and O–H groups in total. The number of carbonyl (C=O) groups is 1. The van der Waals surface area contributed by atoms with Crippen LogP contribution in [0.3, 0.4) is 0 Å². The lowest BCUT2D eigenvalue weighted by Gasteiger charge is -2.05. The van der Waals surface area contributed by atoms with E-state index < -0.39 is 5.97 Å². The van der Waals surface area contributed by atoms with Gasteiger partial charge in [0.25, 0.3) is 0 Å². The number of rotatable bonds is 3. The Balaban J connectivity index is 2.12. The van der Waals surface area contributed by atoms with Crippen LogP contribution < -0.4 is 0 Å². The van der Waals surface area contributed by atoms with Crippen molar-refractivity contribution in [1.82, 2.24) is 4.98 Å². The molecule has 98 valence electrons. The molecule has 0 amide bonds. The van der Waals surface area contributed by atoms with Crippen molar-refractivity contribution < 1.29 is 9.90 Å². The number of nitrogens with one attached hydrogen (secondary N) is 1. The second kappa shape index (κ2) is 4.26. The molecule has 1 aromatic heterocycles. The molecule has 0 atom stereocenters. The van der Waals surface area contributed by atoms with E-state index in [0.717, 1.165) is 35.4 Å². The highest BCUT2D eigenvalue weighted by Crippen LogP contribution is 2.42. The highest BCUT2D eigenvalue weighted by atomic mass is 16.4. The highest BCUT2D eigenvalue weighted by molar-refractivity contribution is 5.91. The number of aromatic amines is 1. The van der Waals surface area contributed by atoms with Gasteiger partial charge in [0, 0.05) is 17.0 Å². The van der Waals surface area contributed by atoms with Crippen molar-refractivity contribution in [2.45, 2.75) is 32.6 Å². The van der Waals surface area contributed by atoms with Crippen molar-refractivity contribution in [1.29, 1.82) is 0 Å². The first kappa shape index (κ1) is 12.0. The molecule has 3 nitrogen and oxygen atoms in total. The summed E-state index contributed by atoms with van der Waals surface area (Å²) in [7, 11) is 0. The van der Waals surface area contributed by atoms with Crippen LogP contribution >= 0.6 is 0 Å². The normalized spacial score (nSPS) is 14.6. The van der Waals surface area contributed by atoms with Gasteiger partial charge in [-0.25, -0.2) is 4.79 Å². The number of hydrogen-bond donors (Lipinski definition) is 2. The average molecular weight is 255 g/mol. The van der Waals surface area contributed by atoms with E-state index in [9.17, 15) is 9.90 Å². The summed E-state index contributed by atoms with van der Waals surface area (Å²) in [6, 6.07) is 8.02. The summed E-state index contributed by atoms with van der Waals surface area (Å²) < 4.78 is 0. The summed E-state index contributed by atoms with van der Waals surface area (Å²) >= 11 is 0. The monoisotopic (exact) mass is 255 g/mol. The first-order valence-electron chi connectivity index (χ1n) is 6.60. The molecule has 3 rings (SSSR count). The minimum Gasteiger partial charge on any atom is -0.478 e. The number of aromatic carboxylic acids is 1. The summed E-state index contributed by atoms with van der Waals surface area (Å²) in [6.45, 7) is 4.10. The summed E-state index contributed by atoms with van der Waals surface area (Å²) in [5.41, 5.74) is 5.67. The fraction of sp³-hybridized carbons (Fsp3) is 0.312. The van der Waals surface area contributed by atoms with Crippen molar-refractivity contribution in [2.75, 3.05) is 0 Å². The standard InChI is InChI=1S/C16H17NO2/c1-9-3-4-10(2)12(7-9)14-8-13(16(18)19)15(17-14)11-5-6-11/h3-4,7-8,11,17H,5-6H2,1-2H3,(H,18,19). The topological polar surface area (TPSA) is 53.1 Å². The molecule has 0 spiro atoms. The maximum atomic E-state index is 11.3. The van der Waals surface area contributed by atoms with Crippen molar-refractivity contribution in [2.24, 2.45) is 0 Å². The summed E-state index contributed by atoms with van der Waals surface area (Å²) in [5.74, 6) is -0.431. The number of aryl methyl sites for hydroxylation is 2. The lowest BCUT2D eigenvalue weighted by molar-refractivity contribution is 0.0696. The van der Waals surface area contributed by atoms with Crippen LogP contribution in [0.1, 0.15) is 45.9 Å². The number of aromatic nitrogens is 1. The van der Waals surface area contributed by atoms with E-state index in [1.54, 1.807) is 6.07 Å². The molecule has 1 fully saturated rings. The summed E-state index contributed by atoms with van der Waals surface area (Å²) in [5, 5.41) is 9.31. The van der Waals surface area contributed by atoms with Crippen LogP contribution in [0.25, 0.3) is 11.3 Å². The lowest BCUT2D eigenvalue weighted by atomic mass is 10.0. The molecule has 19 heavy (non-hydrogen) atoms. The SMILES string of the molecule is Cc1ccc(C)c(-c2cc(C(=O)O)c(C3CC3)[nH]2)c1. The minimum atomic E-state index is -0.838. The Morgan fingerprint density at radius 3 is 2.63 bits per heavy atom. The Morgan fingerprint density at radius 2 is 2.00 bits per heavy atom. The molecular weight excluding hydrogens is 238 g/mol. The van der Waals surface area contributed by atoms with Crippen LogP contribution in [0.15, 0.2) is 24.3 Å². The summed E-state index contributed by atoms with van der Waals surface area (Å²) in [6.07, 6.45) is 2.18. The van der Waals surface area contributed by atoms with E-state index in [4.69, 9.17) is 0 Å². The van der Waals surface area contributed by atoms with Gasteiger partial charge in [-0.1, -0.05) is 17.7 Å². The maximum Gasteiger partial charge on any atom is 0.337 e. The van der Waals surface area contributed by atoms with Crippen LogP contribution in [-0.2, 0) is 0 Å². The summed E-state index contributed by atoms with van der Waals surface area (Å²) in [4.78, 5) is 14.7. The zero-order valence-electron chi connectivity index (χ0n) is 11.2. The second-order valence-electron chi connectivity index (χ2n) is 5.41. The van der Waals surface area contributed by atoms with E-state index in [0.29, 0.717) is 11.5 Å². The maximum absolute atomic E-state index is 11.3. The Labute approximate surface area is 112 Å². The van der Waals surface area contributed by atoms with Gasteiger partial charge in [0.05, 0.1) is 5.56 Å². The predicted octanol–water partition coefficient (Wildman–Crippen LogP) is 3.87. The van der Waals surface area contributed by atoms with Crippen molar-refractivity contribution >= 4 is 5.97 Å². The molecule has 3 heteroatoms. The lowest BCUT2D eigenvalue weighted by Crippen LogP contribution is -1.98. The third-order valence-electron chi connectivity index (χ3n) is 3.75. The molecular formula is C16H17NO2. The van der Waals surface area contributed by atoms with Crippen molar-refractivity contribution in [3.63, 3.8) is 0 Å². The van der Waals surface area contributed by atoms with Gasteiger partial charge in [0.2, 0.25) is 0 Å². The molecule has 0 saturated heterocycles. The van der Waals surface area contributed by atoms with E-state index in [1.165, 1.54) is 5.56 Å². The Morgan fingerprint density at radius 1 is 1.26 bits per heavy atom. The molecule has 2 aromatic rings. The number of carboxylic acids is 1. The number of benzene rings is 1. The molecule has 1 heterocycles. The van der Waals surface area contributed by atoms with E-state index in [1.807, 2.05) is 13.8 Å². The van der Waals surface area contributed by atoms with Gasteiger partial charge in [0.1, 0.15) is 0 Å². The van der Waals surface area contributed by atoms with Gasteiger partial charge in [-0.2, -0.15) is 0 Å². The van der Waals surface area contributed by atoms with Crippen molar-refractivity contribution in [3.05, 3.63) is 46.6 Å². The number of carboxylic acid groups (broad SMARTS) is 1. The number of hydrogen-bond acceptors (Lipinski definition) is 1. The molecule has 1 saturated carbocycles. The van der Waals surface area contributed by atoms with Crippen LogP contribution in [-0.4, -0.2) is 16.1 Å². The van der Waals surface area contributed by atoms with Gasteiger partial charge in [-0.3, -0.25) is 0 Å². The highest BCUT2D eigenvalue weighted by Gasteiger charge is 2.30. The first-order chi connectivity index (χ1) is 9.06. The zero-order chi connectivity index (χ0) is 13.6. The van der Waals surface area contributed by atoms with Crippen LogP contribution in [0.4, 0.5) is 0 Å². The third kappa shape index (κ3) is 2.16. The molecule has 0 radical (unpaired) electrons. The first-order valence-corrected chi connectivity index (χ1v) is 6.60. The molecule has 1 aliphatic rings. The third-order valence-corrected chi connectivity index (χ3v) is 3.75. The zero-order valence-corrected chi connectivity index (χ0v) is 11.2. The molecule has 1 aliphatic carbocycles. The van der Waals surface area contributed by atoms with E-state index in [2.05, 4.69) is 23.2 Å². The van der Waals surface area contributed by atoms with Crippen LogP contribution in [0.2, 0.25) is 0 Å². The van der Waals surface area contributed by atoms with Gasteiger partial charge in [0.15, 0.2) is 0 Å². The Bertz CT molecular complexity index is 651. The number of H-pyrrole nitrogens is 1. The van der Waals surface area contributed by atoms with E-state index >= 15 is 0 Å². The minimum absolute atomic E-state index is 0.407. The van der Waals surface area contributed by atoms with Gasteiger partial charge >= 0.3 is 5.97 Å². The predicted molar refractivity (Wildman–Crippen MR) is 74.6 cm³/mol. The van der Waals surface area contributed by atoms with Crippen LogP contribution in [0, 0.1) is 13.8 Å². The Hall–Kier alpha value is -2.03. The molecule has 0 bridgehead atoms. The van der Waals surface area contributed by atoms with Gasteiger partial charge in [-0.05, 0) is 50.3 Å². The van der Waals surface area contributed by atoms with Crippen LogP contribution in [0.5, 0.6) is 0 Å². The largest absolute Gasteiger partial charge is 0.478 e. The van der Waals surface area contributed by atoms with Crippen molar-refractivity contribution in [3.8, 4) is 11.3 Å². The molecule has 0 unspecified atom stereocenters. The second-order valence-corrected chi connectivity index (χ2v) is 5.41. The average Bonchev–Trinajstić information content (AvgIpc) is 3.11. The smallest absolute Gasteiger partial charge is 0.337 e. The van der Waals surface area contributed by atoms with Gasteiger partial charge < -0.3 is 10.1 Å². The van der Waals surface area contributed by atoms with E-state index in [-0.39, 0.29) is 0 Å². The fourth-order valence-electron chi connectivity index (χ4n) is 2.51. The van der Waals surface area contributed by atoms with Gasteiger partial charge in [-0.15, -0.1) is 0 Å². The Kier molecular flexibility index (Phi) is 2.70.